The fraction of sp³-hybridized carbons (Fsp3) is 1.00. The lowest BCUT2D eigenvalue weighted by atomic mass is 10.0. The van der Waals surface area contributed by atoms with Crippen molar-refractivity contribution in [2.45, 2.75) is 37.8 Å². The van der Waals surface area contributed by atoms with Gasteiger partial charge in [-0.1, -0.05) is 6.92 Å². The molecule has 0 aromatic carbocycles. The largest absolute Gasteiger partial charge is 0.394 e. The third kappa shape index (κ3) is 2.56. The van der Waals surface area contributed by atoms with Gasteiger partial charge in [-0.05, 0) is 25.8 Å². The number of piperazine rings is 1. The molecule has 1 saturated heterocycles. The summed E-state index contributed by atoms with van der Waals surface area (Å²) in [5, 5.41) is 9.27. The van der Waals surface area contributed by atoms with Crippen molar-refractivity contribution in [3.8, 4) is 0 Å². The van der Waals surface area contributed by atoms with Crippen molar-refractivity contribution in [1.29, 1.82) is 0 Å². The van der Waals surface area contributed by atoms with Crippen LogP contribution in [0.3, 0.4) is 0 Å². The monoisotopic (exact) mass is 227 g/mol. The van der Waals surface area contributed by atoms with Crippen LogP contribution in [0.1, 0.15) is 26.2 Å². The topological polar surface area (TPSA) is 52.7 Å². The summed E-state index contributed by atoms with van der Waals surface area (Å²) in [4.78, 5) is 5.06. The van der Waals surface area contributed by atoms with Crippen LogP contribution in [-0.4, -0.2) is 65.8 Å². The number of nitrogens with zero attached hydrogens (tertiary/aromatic N) is 2. The van der Waals surface area contributed by atoms with Gasteiger partial charge >= 0.3 is 0 Å². The van der Waals surface area contributed by atoms with Gasteiger partial charge in [-0.25, -0.2) is 0 Å². The highest BCUT2D eigenvalue weighted by molar-refractivity contribution is 4.97. The molecule has 1 saturated carbocycles. The smallest absolute Gasteiger partial charge is 0.0611 e. The number of rotatable bonds is 3. The molecule has 4 heteroatoms. The molecule has 1 aliphatic heterocycles. The second kappa shape index (κ2) is 5.00. The standard InChI is InChI=1S/C12H25N3O/c1-2-14-5-7-15(8-6-14)11-3-4-12(13,9-11)10-16/h11,16H,2-10,13H2,1H3. The van der Waals surface area contributed by atoms with E-state index >= 15 is 0 Å². The molecule has 0 amide bonds. The van der Waals surface area contributed by atoms with E-state index in [1.54, 1.807) is 0 Å². The van der Waals surface area contributed by atoms with Crippen LogP contribution < -0.4 is 5.73 Å². The Kier molecular flexibility index (Phi) is 3.85. The lowest BCUT2D eigenvalue weighted by molar-refractivity contribution is 0.0951. The molecule has 4 nitrogen and oxygen atoms in total. The molecule has 0 bridgehead atoms. The highest BCUT2D eigenvalue weighted by Gasteiger charge is 2.38. The highest BCUT2D eigenvalue weighted by atomic mass is 16.3. The molecule has 0 radical (unpaired) electrons. The van der Waals surface area contributed by atoms with Gasteiger partial charge in [0.2, 0.25) is 0 Å². The SMILES string of the molecule is CCN1CCN(C2CCC(N)(CO)C2)CC1. The Labute approximate surface area is 98.4 Å². The molecule has 0 aromatic heterocycles. The van der Waals surface area contributed by atoms with Gasteiger partial charge in [-0.3, -0.25) is 4.90 Å². The van der Waals surface area contributed by atoms with Gasteiger partial charge < -0.3 is 15.7 Å². The van der Waals surface area contributed by atoms with Crippen molar-refractivity contribution in [3.63, 3.8) is 0 Å². The molecular formula is C12H25N3O. The Hall–Kier alpha value is -0.160. The van der Waals surface area contributed by atoms with Crippen LogP contribution in [0.5, 0.6) is 0 Å². The molecule has 3 N–H and O–H groups in total. The Morgan fingerprint density at radius 2 is 2.00 bits per heavy atom. The van der Waals surface area contributed by atoms with Gasteiger partial charge in [0.05, 0.1) is 6.61 Å². The number of aliphatic hydroxyl groups is 1. The molecule has 2 aliphatic rings. The quantitative estimate of drug-likeness (QED) is 0.705. The minimum atomic E-state index is -0.299. The van der Waals surface area contributed by atoms with Gasteiger partial charge in [-0.2, -0.15) is 0 Å². The summed E-state index contributed by atoms with van der Waals surface area (Å²) in [6.45, 7) is 8.23. The third-order valence-corrected chi connectivity index (χ3v) is 4.30. The first-order valence-corrected chi connectivity index (χ1v) is 6.53. The lowest BCUT2D eigenvalue weighted by Crippen LogP contribution is -2.51. The molecule has 0 aromatic rings. The number of likely N-dealkylation sites (N-methyl/N-ethyl adjacent to an activating group) is 1. The van der Waals surface area contributed by atoms with E-state index in [9.17, 15) is 5.11 Å². The Bertz CT molecular complexity index is 228. The van der Waals surface area contributed by atoms with Crippen molar-refractivity contribution in [1.82, 2.24) is 9.80 Å². The average molecular weight is 227 g/mol. The maximum Gasteiger partial charge on any atom is 0.0611 e. The third-order valence-electron chi connectivity index (χ3n) is 4.30. The van der Waals surface area contributed by atoms with Crippen molar-refractivity contribution in [2.75, 3.05) is 39.3 Å². The first-order valence-electron chi connectivity index (χ1n) is 6.53. The molecule has 1 heterocycles. The van der Waals surface area contributed by atoms with Crippen molar-refractivity contribution < 1.29 is 5.11 Å². The van der Waals surface area contributed by atoms with E-state index in [-0.39, 0.29) is 12.1 Å². The summed E-state index contributed by atoms with van der Waals surface area (Å²) in [6, 6.07) is 0.608. The van der Waals surface area contributed by atoms with Gasteiger partial charge in [-0.15, -0.1) is 0 Å². The predicted octanol–water partition coefficient (Wildman–Crippen LogP) is -0.134. The molecular weight excluding hydrogens is 202 g/mol. The fourth-order valence-electron chi connectivity index (χ4n) is 3.03. The highest BCUT2D eigenvalue weighted by Crippen LogP contribution is 2.31. The number of hydrogen-bond acceptors (Lipinski definition) is 4. The molecule has 94 valence electrons. The van der Waals surface area contributed by atoms with E-state index in [0.29, 0.717) is 6.04 Å². The molecule has 2 fully saturated rings. The minimum Gasteiger partial charge on any atom is -0.394 e. The zero-order chi connectivity index (χ0) is 11.6. The van der Waals surface area contributed by atoms with E-state index in [1.807, 2.05) is 0 Å². The molecule has 0 spiro atoms. The summed E-state index contributed by atoms with van der Waals surface area (Å²) >= 11 is 0. The molecule has 2 unspecified atom stereocenters. The average Bonchev–Trinajstić information content (AvgIpc) is 2.73. The molecule has 2 rings (SSSR count). The summed E-state index contributed by atoms with van der Waals surface area (Å²) < 4.78 is 0. The van der Waals surface area contributed by atoms with E-state index in [1.165, 1.54) is 26.2 Å². The molecule has 2 atom stereocenters. The normalized spacial score (nSPS) is 38.1. The number of nitrogens with two attached hydrogens (primary N) is 1. The van der Waals surface area contributed by atoms with Crippen molar-refractivity contribution in [2.24, 2.45) is 5.73 Å². The summed E-state index contributed by atoms with van der Waals surface area (Å²) in [5.41, 5.74) is 5.82. The minimum absolute atomic E-state index is 0.137. The second-order valence-electron chi connectivity index (χ2n) is 5.39. The summed E-state index contributed by atoms with van der Waals surface area (Å²) in [5.74, 6) is 0. The zero-order valence-electron chi connectivity index (χ0n) is 10.4. The van der Waals surface area contributed by atoms with E-state index in [2.05, 4.69) is 16.7 Å². The Morgan fingerprint density at radius 3 is 2.50 bits per heavy atom. The first kappa shape index (κ1) is 12.3. The van der Waals surface area contributed by atoms with Crippen LogP contribution in [0.4, 0.5) is 0 Å². The van der Waals surface area contributed by atoms with E-state index in [4.69, 9.17) is 5.73 Å². The van der Waals surface area contributed by atoms with Crippen LogP contribution >= 0.6 is 0 Å². The summed E-state index contributed by atoms with van der Waals surface area (Å²) in [6.07, 6.45) is 3.10. The molecule has 1 aliphatic carbocycles. The first-order chi connectivity index (χ1) is 7.67. The van der Waals surface area contributed by atoms with Crippen LogP contribution in [0.25, 0.3) is 0 Å². The van der Waals surface area contributed by atoms with Gasteiger partial charge in [0.15, 0.2) is 0 Å². The van der Waals surface area contributed by atoms with Gasteiger partial charge in [0, 0.05) is 37.8 Å². The number of hydrogen-bond donors (Lipinski definition) is 2. The Balaban J connectivity index is 1.82. The fourth-order valence-corrected chi connectivity index (χ4v) is 3.03. The zero-order valence-corrected chi connectivity index (χ0v) is 10.4. The maximum absolute atomic E-state index is 9.27. The van der Waals surface area contributed by atoms with Crippen LogP contribution in [-0.2, 0) is 0 Å². The van der Waals surface area contributed by atoms with Crippen LogP contribution in [0.15, 0.2) is 0 Å². The van der Waals surface area contributed by atoms with Gasteiger partial charge in [0.25, 0.3) is 0 Å². The predicted molar refractivity (Wildman–Crippen MR) is 65.3 cm³/mol. The van der Waals surface area contributed by atoms with E-state index < -0.39 is 0 Å². The van der Waals surface area contributed by atoms with Crippen molar-refractivity contribution >= 4 is 0 Å². The second-order valence-corrected chi connectivity index (χ2v) is 5.39. The van der Waals surface area contributed by atoms with Crippen molar-refractivity contribution in [3.05, 3.63) is 0 Å². The summed E-state index contributed by atoms with van der Waals surface area (Å²) in [7, 11) is 0. The lowest BCUT2D eigenvalue weighted by Gasteiger charge is -2.38. The van der Waals surface area contributed by atoms with Crippen LogP contribution in [0, 0.1) is 0 Å². The Morgan fingerprint density at radius 1 is 1.31 bits per heavy atom. The van der Waals surface area contributed by atoms with Gasteiger partial charge in [0.1, 0.15) is 0 Å². The molecule has 16 heavy (non-hydrogen) atoms. The van der Waals surface area contributed by atoms with Crippen LogP contribution in [0.2, 0.25) is 0 Å². The van der Waals surface area contributed by atoms with E-state index in [0.717, 1.165) is 25.8 Å². The number of aliphatic hydroxyl groups excluding tert-OH is 1. The maximum atomic E-state index is 9.27.